The summed E-state index contributed by atoms with van der Waals surface area (Å²) in [6.45, 7) is 4.51. The highest BCUT2D eigenvalue weighted by molar-refractivity contribution is 6.02. The predicted octanol–water partition coefficient (Wildman–Crippen LogP) is 3.24. The first-order valence-electron chi connectivity index (χ1n) is 8.77. The first-order chi connectivity index (χ1) is 13.6. The first-order valence-corrected chi connectivity index (χ1v) is 8.77. The Bertz CT molecular complexity index is 760. The van der Waals surface area contributed by atoms with Crippen molar-refractivity contribution in [1.29, 1.82) is 0 Å². The predicted molar refractivity (Wildman–Crippen MR) is 95.1 cm³/mol. The zero-order chi connectivity index (χ0) is 23.3. The SMILES string of the molecule is CC(C)CC(NC(=O)C(F)(F)F)C(=O)NC(=O)C(C)Nc1ccc(C(F)(F)F)cc1. The molecule has 3 amide bonds. The van der Waals surface area contributed by atoms with Crippen molar-refractivity contribution in [1.82, 2.24) is 10.6 Å². The number of imide groups is 1. The minimum absolute atomic E-state index is 0.151. The molecule has 0 fully saturated rings. The summed E-state index contributed by atoms with van der Waals surface area (Å²) in [5.74, 6) is -4.65. The average Bonchev–Trinajstić information content (AvgIpc) is 2.59. The second-order valence-corrected chi connectivity index (χ2v) is 6.95. The third kappa shape index (κ3) is 7.91. The van der Waals surface area contributed by atoms with Gasteiger partial charge in [0.25, 0.3) is 0 Å². The zero-order valence-corrected chi connectivity index (χ0v) is 16.2. The lowest BCUT2D eigenvalue weighted by molar-refractivity contribution is -0.175. The van der Waals surface area contributed by atoms with Crippen LogP contribution in [0.25, 0.3) is 0 Å². The fourth-order valence-corrected chi connectivity index (χ4v) is 2.33. The largest absolute Gasteiger partial charge is 0.471 e. The van der Waals surface area contributed by atoms with Gasteiger partial charge in [-0.25, -0.2) is 0 Å². The van der Waals surface area contributed by atoms with Crippen molar-refractivity contribution in [2.75, 3.05) is 5.32 Å². The van der Waals surface area contributed by atoms with Crippen molar-refractivity contribution in [2.45, 2.75) is 51.6 Å². The second-order valence-electron chi connectivity index (χ2n) is 6.95. The minimum atomic E-state index is -5.20. The van der Waals surface area contributed by atoms with Crippen LogP contribution in [0.1, 0.15) is 32.8 Å². The van der Waals surface area contributed by atoms with E-state index < -0.39 is 47.7 Å². The van der Waals surface area contributed by atoms with Crippen LogP contribution in [-0.4, -0.2) is 36.0 Å². The summed E-state index contributed by atoms with van der Waals surface area (Å²) in [6.07, 6.45) is -9.88. The number of carbonyl (C=O) groups excluding carboxylic acids is 3. The quantitative estimate of drug-likeness (QED) is 0.567. The molecule has 0 saturated carbocycles. The molecule has 30 heavy (non-hydrogen) atoms. The lowest BCUT2D eigenvalue weighted by Crippen LogP contribution is -2.53. The van der Waals surface area contributed by atoms with Crippen LogP contribution in [0.3, 0.4) is 0 Å². The fraction of sp³-hybridized carbons (Fsp3) is 0.500. The summed E-state index contributed by atoms with van der Waals surface area (Å²) in [5.41, 5.74) is -0.737. The van der Waals surface area contributed by atoms with E-state index in [0.717, 1.165) is 24.3 Å². The Morgan fingerprint density at radius 3 is 1.87 bits per heavy atom. The number of carbonyl (C=O) groups is 3. The topological polar surface area (TPSA) is 87.3 Å². The van der Waals surface area contributed by atoms with E-state index in [1.54, 1.807) is 19.2 Å². The van der Waals surface area contributed by atoms with Gasteiger partial charge in [-0.1, -0.05) is 13.8 Å². The Labute approximate surface area is 168 Å². The Morgan fingerprint density at radius 1 is 0.900 bits per heavy atom. The summed E-state index contributed by atoms with van der Waals surface area (Å²) in [4.78, 5) is 35.5. The van der Waals surface area contributed by atoms with Crippen molar-refractivity contribution < 1.29 is 40.7 Å². The van der Waals surface area contributed by atoms with Crippen LogP contribution in [0.15, 0.2) is 24.3 Å². The molecular formula is C18H21F6N3O3. The molecule has 2 unspecified atom stereocenters. The van der Waals surface area contributed by atoms with E-state index in [9.17, 15) is 40.7 Å². The molecule has 0 heterocycles. The van der Waals surface area contributed by atoms with Crippen molar-refractivity contribution in [3.63, 3.8) is 0 Å². The van der Waals surface area contributed by atoms with Gasteiger partial charge in [0.2, 0.25) is 11.8 Å². The lowest BCUT2D eigenvalue weighted by Gasteiger charge is -2.22. The molecule has 0 radical (unpaired) electrons. The number of hydrogen-bond donors (Lipinski definition) is 3. The van der Waals surface area contributed by atoms with E-state index in [0.29, 0.717) is 0 Å². The molecule has 6 nitrogen and oxygen atoms in total. The maximum atomic E-state index is 12.6. The standard InChI is InChI=1S/C18H21F6N3O3/c1-9(2)8-13(26-16(30)18(22,23)24)15(29)27-14(28)10(3)25-12-6-4-11(5-7-12)17(19,20)21/h4-7,9-10,13,25H,8H2,1-3H3,(H,26,30)(H,27,28,29). The van der Waals surface area contributed by atoms with E-state index in [2.05, 4.69) is 5.32 Å². The molecule has 12 heteroatoms. The molecule has 0 spiro atoms. The summed E-state index contributed by atoms with van der Waals surface area (Å²) >= 11 is 0. The first kappa shape index (κ1) is 25.2. The number of anilines is 1. The van der Waals surface area contributed by atoms with Crippen molar-refractivity contribution in [3.8, 4) is 0 Å². The van der Waals surface area contributed by atoms with Crippen LogP contribution >= 0.6 is 0 Å². The van der Waals surface area contributed by atoms with Gasteiger partial charge >= 0.3 is 18.3 Å². The Hall–Kier alpha value is -2.79. The maximum Gasteiger partial charge on any atom is 0.471 e. The van der Waals surface area contributed by atoms with Gasteiger partial charge in [0.15, 0.2) is 0 Å². The van der Waals surface area contributed by atoms with Gasteiger partial charge in [-0.2, -0.15) is 26.3 Å². The van der Waals surface area contributed by atoms with Crippen molar-refractivity contribution >= 4 is 23.4 Å². The molecule has 2 atom stereocenters. The Balaban J connectivity index is 2.77. The molecule has 0 saturated heterocycles. The third-order valence-corrected chi connectivity index (χ3v) is 3.82. The molecular weight excluding hydrogens is 420 g/mol. The van der Waals surface area contributed by atoms with Gasteiger partial charge in [0.05, 0.1) is 5.56 Å². The number of halogens is 6. The minimum Gasteiger partial charge on any atom is -0.374 e. The molecule has 0 bridgehead atoms. The lowest BCUT2D eigenvalue weighted by atomic mass is 10.0. The van der Waals surface area contributed by atoms with Crippen LogP contribution in [0, 0.1) is 5.92 Å². The smallest absolute Gasteiger partial charge is 0.374 e. The normalized spacial score (nSPS) is 14.1. The average molecular weight is 441 g/mol. The fourth-order valence-electron chi connectivity index (χ4n) is 2.33. The van der Waals surface area contributed by atoms with Gasteiger partial charge in [0, 0.05) is 5.69 Å². The number of benzene rings is 1. The van der Waals surface area contributed by atoms with Gasteiger partial charge in [-0.05, 0) is 43.5 Å². The highest BCUT2D eigenvalue weighted by atomic mass is 19.4. The number of rotatable bonds is 7. The number of alkyl halides is 6. The van der Waals surface area contributed by atoms with Gasteiger partial charge in [0.1, 0.15) is 12.1 Å². The van der Waals surface area contributed by atoms with Crippen LogP contribution < -0.4 is 16.0 Å². The highest BCUT2D eigenvalue weighted by Gasteiger charge is 2.41. The number of amides is 3. The van der Waals surface area contributed by atoms with E-state index in [4.69, 9.17) is 0 Å². The van der Waals surface area contributed by atoms with Crippen molar-refractivity contribution in [3.05, 3.63) is 29.8 Å². The van der Waals surface area contributed by atoms with E-state index in [-0.39, 0.29) is 18.0 Å². The van der Waals surface area contributed by atoms with Gasteiger partial charge in [-0.3, -0.25) is 19.7 Å². The molecule has 0 aliphatic heterocycles. The van der Waals surface area contributed by atoms with Gasteiger partial charge < -0.3 is 10.6 Å². The molecule has 1 rings (SSSR count). The zero-order valence-electron chi connectivity index (χ0n) is 16.2. The molecule has 0 aliphatic carbocycles. The second kappa shape index (κ2) is 9.81. The summed E-state index contributed by atoms with van der Waals surface area (Å²) in [6, 6.07) is 1.05. The van der Waals surface area contributed by atoms with Crippen molar-refractivity contribution in [2.24, 2.45) is 5.92 Å². The van der Waals surface area contributed by atoms with E-state index >= 15 is 0 Å². The molecule has 1 aromatic rings. The number of nitrogens with one attached hydrogen (secondary N) is 3. The summed E-state index contributed by atoms with van der Waals surface area (Å²) in [7, 11) is 0. The Kier molecular flexibility index (Phi) is 8.25. The molecule has 1 aromatic carbocycles. The maximum absolute atomic E-state index is 12.6. The monoisotopic (exact) mass is 441 g/mol. The van der Waals surface area contributed by atoms with Crippen LogP contribution in [0.4, 0.5) is 32.0 Å². The van der Waals surface area contributed by atoms with Crippen LogP contribution in [0.2, 0.25) is 0 Å². The molecule has 168 valence electrons. The molecule has 0 aliphatic rings. The van der Waals surface area contributed by atoms with Gasteiger partial charge in [-0.15, -0.1) is 0 Å². The van der Waals surface area contributed by atoms with Crippen LogP contribution in [0.5, 0.6) is 0 Å². The Morgan fingerprint density at radius 2 is 1.43 bits per heavy atom. The number of hydrogen-bond acceptors (Lipinski definition) is 4. The third-order valence-electron chi connectivity index (χ3n) is 3.82. The molecule has 0 aromatic heterocycles. The highest BCUT2D eigenvalue weighted by Crippen LogP contribution is 2.29. The molecule has 3 N–H and O–H groups in total. The van der Waals surface area contributed by atoms with E-state index in [1.807, 2.05) is 5.32 Å². The summed E-state index contributed by atoms with van der Waals surface area (Å²) in [5, 5.41) is 6.01. The van der Waals surface area contributed by atoms with Crippen LogP contribution in [-0.2, 0) is 20.6 Å². The van der Waals surface area contributed by atoms with E-state index in [1.165, 1.54) is 6.92 Å². The summed E-state index contributed by atoms with van der Waals surface area (Å²) < 4.78 is 75.0.